The average Bonchev–Trinajstić information content (AvgIpc) is 2.75. The summed E-state index contributed by atoms with van der Waals surface area (Å²) in [5.74, 6) is 0.827. The highest BCUT2D eigenvalue weighted by Crippen LogP contribution is 2.04. The molecule has 1 aliphatic rings. The molecule has 1 atom stereocenters. The Morgan fingerprint density at radius 3 is 3.06 bits per heavy atom. The van der Waals surface area contributed by atoms with Crippen LogP contribution < -0.4 is 5.32 Å². The van der Waals surface area contributed by atoms with Crippen LogP contribution in [-0.2, 0) is 22.6 Å². The van der Waals surface area contributed by atoms with E-state index in [-0.39, 0.29) is 6.10 Å². The summed E-state index contributed by atoms with van der Waals surface area (Å²) in [6.45, 7) is 7.41. The van der Waals surface area contributed by atoms with Crippen LogP contribution >= 0.6 is 0 Å². The maximum atomic E-state index is 5.57. The minimum Gasteiger partial charge on any atom is -0.376 e. The van der Waals surface area contributed by atoms with Gasteiger partial charge < -0.3 is 14.8 Å². The highest BCUT2D eigenvalue weighted by Gasteiger charge is 2.17. The molecule has 7 heteroatoms. The summed E-state index contributed by atoms with van der Waals surface area (Å²) in [4.78, 5) is 0. The Morgan fingerprint density at radius 2 is 2.35 bits per heavy atom. The van der Waals surface area contributed by atoms with E-state index in [2.05, 4.69) is 34.7 Å². The second-order valence-electron chi connectivity index (χ2n) is 4.38. The fourth-order valence-corrected chi connectivity index (χ4v) is 1.62. The highest BCUT2D eigenvalue weighted by molar-refractivity contribution is 4.81. The van der Waals surface area contributed by atoms with E-state index in [9.17, 15) is 0 Å². The van der Waals surface area contributed by atoms with Gasteiger partial charge in [-0.3, -0.25) is 0 Å². The van der Waals surface area contributed by atoms with Crippen LogP contribution in [0.2, 0.25) is 0 Å². The molecule has 2 rings (SSSR count). The first-order valence-electron chi connectivity index (χ1n) is 5.93. The number of nitrogens with zero attached hydrogens (tertiary/aromatic N) is 4. The van der Waals surface area contributed by atoms with Crippen molar-refractivity contribution in [3.63, 3.8) is 0 Å². The minimum atomic E-state index is 0.0463. The Hall–Kier alpha value is -1.05. The molecular formula is C10H19N5O2. The van der Waals surface area contributed by atoms with Crippen molar-refractivity contribution in [1.82, 2.24) is 25.5 Å². The van der Waals surface area contributed by atoms with Gasteiger partial charge in [0, 0.05) is 6.04 Å². The summed E-state index contributed by atoms with van der Waals surface area (Å²) in [5.41, 5.74) is 0. The van der Waals surface area contributed by atoms with Gasteiger partial charge in [0.15, 0.2) is 5.82 Å². The molecular weight excluding hydrogens is 222 g/mol. The van der Waals surface area contributed by atoms with Crippen LogP contribution in [-0.4, -0.2) is 52.2 Å². The standard InChI is InChI=1S/C10H19N5O2/c1-8(2)11-5-10-12-13-14-15(10)6-9-7-16-3-4-17-9/h8-9,11H,3-7H2,1-2H3. The molecule has 0 spiro atoms. The molecule has 0 aliphatic carbocycles. The van der Waals surface area contributed by atoms with E-state index in [0.29, 0.717) is 39.0 Å². The van der Waals surface area contributed by atoms with Crippen molar-refractivity contribution in [3.8, 4) is 0 Å². The first-order chi connectivity index (χ1) is 8.25. The maximum Gasteiger partial charge on any atom is 0.165 e. The molecule has 0 radical (unpaired) electrons. The molecule has 1 unspecified atom stereocenters. The minimum absolute atomic E-state index is 0.0463. The van der Waals surface area contributed by atoms with Crippen LogP contribution in [0.3, 0.4) is 0 Å². The SMILES string of the molecule is CC(C)NCc1nnnn1CC1COCCO1. The first-order valence-corrected chi connectivity index (χ1v) is 5.93. The van der Waals surface area contributed by atoms with Crippen LogP contribution in [0.25, 0.3) is 0 Å². The second kappa shape index (κ2) is 6.04. The second-order valence-corrected chi connectivity index (χ2v) is 4.38. The molecule has 1 aliphatic heterocycles. The zero-order valence-corrected chi connectivity index (χ0v) is 10.3. The Morgan fingerprint density at radius 1 is 1.47 bits per heavy atom. The van der Waals surface area contributed by atoms with Crippen LogP contribution in [0.1, 0.15) is 19.7 Å². The average molecular weight is 241 g/mol. The van der Waals surface area contributed by atoms with E-state index in [0.717, 1.165) is 5.82 Å². The highest BCUT2D eigenvalue weighted by atomic mass is 16.6. The molecule has 0 amide bonds. The Labute approximate surface area is 100 Å². The maximum absolute atomic E-state index is 5.57. The zero-order chi connectivity index (χ0) is 12.1. The fourth-order valence-electron chi connectivity index (χ4n) is 1.62. The van der Waals surface area contributed by atoms with Crippen LogP contribution in [0.5, 0.6) is 0 Å². The van der Waals surface area contributed by atoms with E-state index in [1.54, 1.807) is 4.68 Å². The first kappa shape index (κ1) is 12.4. The topological polar surface area (TPSA) is 74.1 Å². The lowest BCUT2D eigenvalue weighted by Crippen LogP contribution is -2.34. The van der Waals surface area contributed by atoms with Crippen molar-refractivity contribution >= 4 is 0 Å². The normalized spacial score (nSPS) is 21.0. The summed E-state index contributed by atoms with van der Waals surface area (Å²) in [6.07, 6.45) is 0.0463. The van der Waals surface area contributed by atoms with Gasteiger partial charge in [0.1, 0.15) is 6.10 Å². The third-order valence-corrected chi connectivity index (χ3v) is 2.54. The van der Waals surface area contributed by atoms with Crippen LogP contribution in [0.15, 0.2) is 0 Å². The number of ether oxygens (including phenoxy) is 2. The smallest absolute Gasteiger partial charge is 0.165 e. The van der Waals surface area contributed by atoms with Gasteiger partial charge in [0.25, 0.3) is 0 Å². The fraction of sp³-hybridized carbons (Fsp3) is 0.900. The van der Waals surface area contributed by atoms with E-state index in [1.807, 2.05) is 0 Å². The quantitative estimate of drug-likeness (QED) is 0.755. The van der Waals surface area contributed by atoms with E-state index in [4.69, 9.17) is 9.47 Å². The number of hydrogen-bond donors (Lipinski definition) is 1. The summed E-state index contributed by atoms with van der Waals surface area (Å²) < 4.78 is 12.7. The molecule has 2 heterocycles. The summed E-state index contributed by atoms with van der Waals surface area (Å²) >= 11 is 0. The Balaban J connectivity index is 1.88. The van der Waals surface area contributed by atoms with E-state index >= 15 is 0 Å². The van der Waals surface area contributed by atoms with Crippen molar-refractivity contribution in [2.75, 3.05) is 19.8 Å². The molecule has 1 saturated heterocycles. The summed E-state index contributed by atoms with van der Waals surface area (Å²) in [6, 6.07) is 0.411. The largest absolute Gasteiger partial charge is 0.376 e. The van der Waals surface area contributed by atoms with Gasteiger partial charge in [0.2, 0.25) is 0 Å². The van der Waals surface area contributed by atoms with Gasteiger partial charge in [-0.05, 0) is 10.4 Å². The molecule has 1 fully saturated rings. The molecule has 0 bridgehead atoms. The zero-order valence-electron chi connectivity index (χ0n) is 10.3. The lowest BCUT2D eigenvalue weighted by Gasteiger charge is -2.22. The number of nitrogens with one attached hydrogen (secondary N) is 1. The molecule has 1 aromatic rings. The molecule has 17 heavy (non-hydrogen) atoms. The van der Waals surface area contributed by atoms with Gasteiger partial charge in [-0.25, -0.2) is 4.68 Å². The molecule has 7 nitrogen and oxygen atoms in total. The molecule has 96 valence electrons. The lowest BCUT2D eigenvalue weighted by molar-refractivity contribution is -0.0950. The van der Waals surface area contributed by atoms with Crippen LogP contribution in [0, 0.1) is 0 Å². The molecule has 1 N–H and O–H groups in total. The van der Waals surface area contributed by atoms with Crippen molar-refractivity contribution in [2.24, 2.45) is 0 Å². The van der Waals surface area contributed by atoms with Gasteiger partial charge in [0.05, 0.1) is 32.9 Å². The van der Waals surface area contributed by atoms with Gasteiger partial charge >= 0.3 is 0 Å². The van der Waals surface area contributed by atoms with Crippen molar-refractivity contribution in [3.05, 3.63) is 5.82 Å². The van der Waals surface area contributed by atoms with Crippen molar-refractivity contribution < 1.29 is 9.47 Å². The third kappa shape index (κ3) is 3.72. The third-order valence-electron chi connectivity index (χ3n) is 2.54. The van der Waals surface area contributed by atoms with Gasteiger partial charge in [-0.15, -0.1) is 5.10 Å². The number of aromatic nitrogens is 4. The van der Waals surface area contributed by atoms with Gasteiger partial charge in [-0.2, -0.15) is 0 Å². The van der Waals surface area contributed by atoms with E-state index in [1.165, 1.54) is 0 Å². The lowest BCUT2D eigenvalue weighted by atomic mass is 10.3. The Kier molecular flexibility index (Phi) is 4.41. The molecule has 0 aromatic carbocycles. The summed E-state index contributed by atoms with van der Waals surface area (Å²) in [5, 5.41) is 14.9. The monoisotopic (exact) mass is 241 g/mol. The van der Waals surface area contributed by atoms with Crippen molar-refractivity contribution in [1.29, 1.82) is 0 Å². The van der Waals surface area contributed by atoms with Crippen molar-refractivity contribution in [2.45, 2.75) is 39.1 Å². The number of rotatable bonds is 5. The summed E-state index contributed by atoms with van der Waals surface area (Å²) in [7, 11) is 0. The predicted molar refractivity (Wildman–Crippen MR) is 60.4 cm³/mol. The van der Waals surface area contributed by atoms with Crippen LogP contribution in [0.4, 0.5) is 0 Å². The number of tetrazole rings is 1. The van der Waals surface area contributed by atoms with E-state index < -0.39 is 0 Å². The molecule has 0 saturated carbocycles. The molecule has 1 aromatic heterocycles. The number of hydrogen-bond acceptors (Lipinski definition) is 6. The van der Waals surface area contributed by atoms with Gasteiger partial charge in [-0.1, -0.05) is 13.8 Å². The predicted octanol–water partition coefficient (Wildman–Crippen LogP) is -0.413. The Bertz CT molecular complexity index is 335.